The SMILES string of the molecule is CC(C)(C)[Si](C)(C)OCCc1oc(Cl)cc1C=O.CCCc1oc(Cl)cc1C(O)c1cc(C2OCCO2)sc1C.Cc1sc(C2OCCO2)cc1Br.Cc1sc(C=O)cc1C1OCCc2oc(Cl)cc21. The van der Waals surface area contributed by atoms with Gasteiger partial charge in [0, 0.05) is 74.3 Å². The van der Waals surface area contributed by atoms with E-state index in [2.05, 4.69) is 69.7 Å². The summed E-state index contributed by atoms with van der Waals surface area (Å²) in [4.78, 5) is 27.9. The lowest BCUT2D eigenvalue weighted by atomic mass is 9.99. The molecule has 70 heavy (non-hydrogen) atoms. The van der Waals surface area contributed by atoms with E-state index in [-0.39, 0.29) is 28.9 Å². The summed E-state index contributed by atoms with van der Waals surface area (Å²) in [6, 6.07) is 11.0. The topological polar surface area (TPSA) is 149 Å². The summed E-state index contributed by atoms with van der Waals surface area (Å²) >= 11 is 25.8. The van der Waals surface area contributed by atoms with Crippen molar-refractivity contribution >= 4 is 106 Å². The Kier molecular flexibility index (Phi) is 20.9. The van der Waals surface area contributed by atoms with E-state index >= 15 is 0 Å². The molecule has 0 saturated carbocycles. The molecule has 382 valence electrons. The number of hydrogen-bond donors (Lipinski definition) is 1. The van der Waals surface area contributed by atoms with Gasteiger partial charge < -0.3 is 46.5 Å². The number of furan rings is 3. The second-order valence-electron chi connectivity index (χ2n) is 18.1. The standard InChI is InChI=1S/C16H19ClO4S.C13H11ClO3S.C13H21ClO3Si.C8H9BrO2S/c1-3-4-12-11(8-14(17)21-12)15(18)10-7-13(22-9(10)2)16-19-5-6-20-16;1-7-9(4-8(6-15)18-7)13-10-5-12(14)17-11(10)2-3-16-13;1-13(2,3)18(4,5)16-7-6-11-10(9-15)8-12(14)17-11;1-5-6(9)4-7(12-5)8-10-2-3-11-8/h7-8,15-16,18H,3-6H2,1-2H3;4-6,13H,2-3H2,1H3;8-9H,6-7H2,1-5H3;4,8H,2-3H2,1H3. The molecule has 20 heteroatoms. The molecule has 0 aliphatic carbocycles. The number of rotatable bonds is 13. The Labute approximate surface area is 446 Å². The van der Waals surface area contributed by atoms with E-state index in [1.807, 2.05) is 26.0 Å². The average Bonchev–Trinajstić information content (AvgIpc) is 4.16. The van der Waals surface area contributed by atoms with Crippen molar-refractivity contribution in [3.05, 3.63) is 131 Å². The lowest BCUT2D eigenvalue weighted by Crippen LogP contribution is -2.41. The predicted octanol–water partition coefficient (Wildman–Crippen LogP) is 15.3. The molecule has 2 saturated heterocycles. The first-order chi connectivity index (χ1) is 33.2. The molecular formula is C50H60BrCl3O12S3Si. The molecule has 1 N–H and O–H groups in total. The number of ether oxygens (including phenoxy) is 5. The first-order valence-corrected chi connectivity index (χ1v) is 30.1. The summed E-state index contributed by atoms with van der Waals surface area (Å²) in [6.07, 6.45) is 3.28. The third kappa shape index (κ3) is 14.7. The molecule has 0 spiro atoms. The van der Waals surface area contributed by atoms with Crippen LogP contribution in [0.4, 0.5) is 0 Å². The maximum Gasteiger partial charge on any atom is 0.194 e. The van der Waals surface area contributed by atoms with Crippen LogP contribution in [0.25, 0.3) is 0 Å². The molecule has 12 nitrogen and oxygen atoms in total. The van der Waals surface area contributed by atoms with Gasteiger partial charge in [-0.05, 0) is 125 Å². The average molecular weight is 1160 g/mol. The van der Waals surface area contributed by atoms with Gasteiger partial charge in [-0.15, -0.1) is 34.0 Å². The number of carbonyl (C=O) groups is 2. The molecule has 3 aliphatic rings. The Balaban J connectivity index is 0.000000156. The number of halogens is 4. The fourth-order valence-electron chi connectivity index (χ4n) is 7.38. The van der Waals surface area contributed by atoms with Gasteiger partial charge in [-0.3, -0.25) is 9.59 Å². The van der Waals surface area contributed by atoms with Crippen molar-refractivity contribution in [3.8, 4) is 0 Å². The summed E-state index contributed by atoms with van der Waals surface area (Å²) in [5.74, 6) is 2.24. The van der Waals surface area contributed by atoms with Gasteiger partial charge in [0.25, 0.3) is 0 Å². The van der Waals surface area contributed by atoms with Crippen LogP contribution in [0.2, 0.25) is 33.8 Å². The Hall–Kier alpha value is -2.43. The fraction of sp³-hybridized carbons (Fsp3) is 0.480. The minimum Gasteiger partial charge on any atom is -0.449 e. The second-order valence-corrected chi connectivity index (χ2v) is 28.7. The summed E-state index contributed by atoms with van der Waals surface area (Å²) in [5.41, 5.74) is 4.12. The highest BCUT2D eigenvalue weighted by atomic mass is 79.9. The summed E-state index contributed by atoms with van der Waals surface area (Å²) in [5, 5.41) is 11.9. The van der Waals surface area contributed by atoms with E-state index in [0.29, 0.717) is 72.7 Å². The van der Waals surface area contributed by atoms with E-state index in [1.165, 1.54) is 22.3 Å². The minimum absolute atomic E-state index is 0.125. The number of hydrogen-bond acceptors (Lipinski definition) is 15. The van der Waals surface area contributed by atoms with Crippen LogP contribution in [-0.2, 0) is 47.4 Å². The van der Waals surface area contributed by atoms with E-state index < -0.39 is 14.4 Å². The first kappa shape index (κ1) is 56.9. The number of thiophene rings is 3. The number of aldehydes is 2. The van der Waals surface area contributed by atoms with Crippen LogP contribution in [0.5, 0.6) is 0 Å². The van der Waals surface area contributed by atoms with Gasteiger partial charge in [0.1, 0.15) is 29.5 Å². The van der Waals surface area contributed by atoms with Crippen molar-refractivity contribution < 1.29 is 56.1 Å². The molecule has 9 rings (SSSR count). The van der Waals surface area contributed by atoms with Crippen LogP contribution >= 0.6 is 84.7 Å². The Morgan fingerprint density at radius 2 is 1.33 bits per heavy atom. The van der Waals surface area contributed by atoms with Crippen molar-refractivity contribution in [3.63, 3.8) is 0 Å². The number of fused-ring (bicyclic) bond motifs is 1. The molecule has 0 radical (unpaired) electrons. The third-order valence-corrected chi connectivity index (χ3v) is 21.4. The molecule has 6 aromatic heterocycles. The van der Waals surface area contributed by atoms with Crippen molar-refractivity contribution in [2.45, 2.75) is 117 Å². The van der Waals surface area contributed by atoms with Gasteiger partial charge in [0.15, 0.2) is 49.1 Å². The van der Waals surface area contributed by atoms with Gasteiger partial charge in [0.05, 0.1) is 53.2 Å². The highest BCUT2D eigenvalue weighted by Gasteiger charge is 2.37. The molecule has 2 unspecified atom stereocenters. The van der Waals surface area contributed by atoms with E-state index in [9.17, 15) is 14.7 Å². The lowest BCUT2D eigenvalue weighted by Gasteiger charge is -2.36. The predicted molar refractivity (Wildman–Crippen MR) is 282 cm³/mol. The Bertz CT molecular complexity index is 2630. The van der Waals surface area contributed by atoms with Crippen molar-refractivity contribution in [2.75, 3.05) is 39.6 Å². The van der Waals surface area contributed by atoms with Crippen LogP contribution in [0.1, 0.15) is 143 Å². The molecule has 0 bridgehead atoms. The van der Waals surface area contributed by atoms with Gasteiger partial charge in [0.2, 0.25) is 0 Å². The third-order valence-electron chi connectivity index (χ3n) is 12.1. The van der Waals surface area contributed by atoms with Crippen molar-refractivity contribution in [1.29, 1.82) is 0 Å². The molecule has 3 aliphatic heterocycles. The fourth-order valence-corrected chi connectivity index (χ4v) is 12.6. The molecule has 0 amide bonds. The van der Waals surface area contributed by atoms with E-state index in [4.69, 9.17) is 76.2 Å². The van der Waals surface area contributed by atoms with Gasteiger partial charge in [-0.1, -0.05) is 27.7 Å². The summed E-state index contributed by atoms with van der Waals surface area (Å²) in [6.45, 7) is 22.9. The molecular weight excluding hydrogens is 1100 g/mol. The van der Waals surface area contributed by atoms with Gasteiger partial charge >= 0.3 is 0 Å². The van der Waals surface area contributed by atoms with Crippen molar-refractivity contribution in [1.82, 2.24) is 0 Å². The van der Waals surface area contributed by atoms with Crippen LogP contribution < -0.4 is 0 Å². The maximum atomic E-state index is 10.8. The van der Waals surface area contributed by atoms with Gasteiger partial charge in [-0.25, -0.2) is 0 Å². The highest BCUT2D eigenvalue weighted by Crippen LogP contribution is 2.42. The summed E-state index contributed by atoms with van der Waals surface area (Å²) < 4.78 is 51.0. The second kappa shape index (κ2) is 25.7. The highest BCUT2D eigenvalue weighted by molar-refractivity contribution is 9.10. The number of aliphatic hydroxyl groups excluding tert-OH is 1. The Morgan fingerprint density at radius 3 is 1.90 bits per heavy atom. The van der Waals surface area contributed by atoms with Crippen LogP contribution in [0.3, 0.4) is 0 Å². The van der Waals surface area contributed by atoms with Gasteiger partial charge in [-0.2, -0.15) is 0 Å². The molecule has 2 fully saturated rings. The lowest BCUT2D eigenvalue weighted by molar-refractivity contribution is -0.0415. The maximum absolute atomic E-state index is 10.8. The zero-order chi connectivity index (χ0) is 50.9. The molecule has 0 aromatic carbocycles. The molecule has 2 atom stereocenters. The Morgan fingerprint density at radius 1 is 0.729 bits per heavy atom. The van der Waals surface area contributed by atoms with E-state index in [1.54, 1.807) is 34.8 Å². The van der Waals surface area contributed by atoms with E-state index in [0.717, 1.165) is 89.6 Å². The smallest absolute Gasteiger partial charge is 0.194 e. The monoisotopic (exact) mass is 1160 g/mol. The summed E-state index contributed by atoms with van der Waals surface area (Å²) in [7, 11) is -1.74. The number of aryl methyl sites for hydroxylation is 4. The number of aliphatic hydroxyl groups is 1. The zero-order valence-electron chi connectivity index (χ0n) is 40.7. The van der Waals surface area contributed by atoms with Crippen molar-refractivity contribution in [2.24, 2.45) is 0 Å². The quantitative estimate of drug-likeness (QED) is 0.0866. The molecule has 9 heterocycles. The normalized spacial score (nSPS) is 16.7. The van der Waals surface area contributed by atoms with Crippen LogP contribution in [0.15, 0.2) is 54.1 Å². The number of carbonyl (C=O) groups excluding carboxylic acids is 2. The zero-order valence-corrected chi connectivity index (χ0v) is 48.0. The molecule has 6 aromatic rings. The van der Waals surface area contributed by atoms with Crippen LogP contribution in [-0.4, -0.2) is 65.6 Å². The first-order valence-electron chi connectivity index (χ1n) is 22.8. The van der Waals surface area contributed by atoms with Crippen LogP contribution in [0, 0.1) is 20.8 Å². The minimum atomic E-state index is -1.74. The largest absolute Gasteiger partial charge is 0.449 e.